The van der Waals surface area contributed by atoms with E-state index in [-0.39, 0.29) is 5.78 Å². The first kappa shape index (κ1) is 10.2. The molecular formula is C13H11ClO. The Hall–Kier alpha value is -1.34. The predicted molar refractivity (Wildman–Crippen MR) is 63.6 cm³/mol. The minimum absolute atomic E-state index is 0.155. The highest BCUT2D eigenvalue weighted by Gasteiger charge is 2.07. The average molecular weight is 219 g/mol. The number of ketones is 1. The summed E-state index contributed by atoms with van der Waals surface area (Å²) < 4.78 is 0. The Morgan fingerprint density at radius 3 is 2.80 bits per heavy atom. The molecule has 15 heavy (non-hydrogen) atoms. The molecule has 0 bridgehead atoms. The largest absolute Gasteiger partial charge is 0.294 e. The van der Waals surface area contributed by atoms with E-state index in [4.69, 9.17) is 11.6 Å². The molecule has 0 spiro atoms. The molecular weight excluding hydrogens is 208 g/mol. The van der Waals surface area contributed by atoms with E-state index in [1.54, 1.807) is 0 Å². The van der Waals surface area contributed by atoms with Gasteiger partial charge < -0.3 is 0 Å². The minimum Gasteiger partial charge on any atom is -0.294 e. The van der Waals surface area contributed by atoms with Crippen LogP contribution < -0.4 is 0 Å². The Bertz CT molecular complexity index is 517. The first-order valence-corrected chi connectivity index (χ1v) is 5.31. The van der Waals surface area contributed by atoms with Gasteiger partial charge in [-0.25, -0.2) is 0 Å². The minimum atomic E-state index is 0.155. The summed E-state index contributed by atoms with van der Waals surface area (Å²) >= 11 is 5.93. The summed E-state index contributed by atoms with van der Waals surface area (Å²) in [5, 5.41) is 2.66. The number of hydrogen-bond donors (Lipinski definition) is 0. The third-order valence-corrected chi connectivity index (χ3v) is 2.70. The number of carbonyl (C=O) groups is 1. The van der Waals surface area contributed by atoms with Crippen molar-refractivity contribution in [1.82, 2.24) is 0 Å². The van der Waals surface area contributed by atoms with Crippen LogP contribution in [0.15, 0.2) is 36.4 Å². The maximum atomic E-state index is 11.7. The van der Waals surface area contributed by atoms with Crippen molar-refractivity contribution in [3.8, 4) is 0 Å². The molecule has 2 heteroatoms. The van der Waals surface area contributed by atoms with Crippen molar-refractivity contribution in [2.24, 2.45) is 0 Å². The van der Waals surface area contributed by atoms with Gasteiger partial charge >= 0.3 is 0 Å². The molecule has 1 nitrogen and oxygen atoms in total. The lowest BCUT2D eigenvalue weighted by molar-refractivity contribution is 0.0990. The fourth-order valence-corrected chi connectivity index (χ4v) is 1.85. The van der Waals surface area contributed by atoms with Crippen molar-refractivity contribution in [1.29, 1.82) is 0 Å². The SMILES string of the molecule is CCC(=O)c1cccc2ccc(Cl)cc12. The van der Waals surface area contributed by atoms with E-state index in [2.05, 4.69) is 0 Å². The fourth-order valence-electron chi connectivity index (χ4n) is 1.68. The second-order valence-corrected chi connectivity index (χ2v) is 3.88. The van der Waals surface area contributed by atoms with Crippen molar-refractivity contribution in [2.75, 3.05) is 0 Å². The Labute approximate surface area is 93.7 Å². The molecule has 0 N–H and O–H groups in total. The molecule has 2 aromatic rings. The molecule has 0 aliphatic carbocycles. The molecule has 0 unspecified atom stereocenters. The maximum Gasteiger partial charge on any atom is 0.163 e. The maximum absolute atomic E-state index is 11.7. The van der Waals surface area contributed by atoms with Gasteiger partial charge in [0.15, 0.2) is 5.78 Å². The number of hydrogen-bond acceptors (Lipinski definition) is 1. The molecule has 0 radical (unpaired) electrons. The van der Waals surface area contributed by atoms with E-state index in [9.17, 15) is 4.79 Å². The van der Waals surface area contributed by atoms with Crippen LogP contribution >= 0.6 is 11.6 Å². The van der Waals surface area contributed by atoms with Gasteiger partial charge in [-0.05, 0) is 22.9 Å². The third kappa shape index (κ3) is 1.88. The van der Waals surface area contributed by atoms with Crippen LogP contribution in [0.25, 0.3) is 10.8 Å². The van der Waals surface area contributed by atoms with Gasteiger partial charge in [-0.2, -0.15) is 0 Å². The third-order valence-electron chi connectivity index (χ3n) is 2.47. The van der Waals surface area contributed by atoms with Crippen LogP contribution in [0.5, 0.6) is 0 Å². The molecule has 0 aromatic heterocycles. The lowest BCUT2D eigenvalue weighted by atomic mass is 10.0. The summed E-state index contributed by atoms with van der Waals surface area (Å²) in [6.07, 6.45) is 0.519. The summed E-state index contributed by atoms with van der Waals surface area (Å²) in [5.41, 5.74) is 0.762. The van der Waals surface area contributed by atoms with E-state index in [1.165, 1.54) is 0 Å². The second kappa shape index (κ2) is 4.03. The lowest BCUT2D eigenvalue weighted by Crippen LogP contribution is -1.97. The Balaban J connectivity index is 2.74. The highest BCUT2D eigenvalue weighted by Crippen LogP contribution is 2.23. The molecule has 0 saturated carbocycles. The van der Waals surface area contributed by atoms with Crippen molar-refractivity contribution in [3.63, 3.8) is 0 Å². The second-order valence-electron chi connectivity index (χ2n) is 3.45. The van der Waals surface area contributed by atoms with Gasteiger partial charge in [0.1, 0.15) is 0 Å². The number of carbonyl (C=O) groups excluding carboxylic acids is 1. The average Bonchev–Trinajstić information content (AvgIpc) is 2.27. The van der Waals surface area contributed by atoms with Gasteiger partial charge in [0.25, 0.3) is 0 Å². The first-order chi connectivity index (χ1) is 7.22. The first-order valence-electron chi connectivity index (χ1n) is 4.94. The fraction of sp³-hybridized carbons (Fsp3) is 0.154. The molecule has 0 aliphatic rings. The predicted octanol–water partition coefficient (Wildman–Crippen LogP) is 4.09. The standard InChI is InChI=1S/C13H11ClO/c1-2-13(15)11-5-3-4-9-6-7-10(14)8-12(9)11/h3-8H,2H2,1H3. The zero-order valence-corrected chi connectivity index (χ0v) is 9.21. The van der Waals surface area contributed by atoms with Crippen LogP contribution in [0.3, 0.4) is 0 Å². The molecule has 0 amide bonds. The van der Waals surface area contributed by atoms with Crippen LogP contribution in [-0.4, -0.2) is 5.78 Å². The zero-order chi connectivity index (χ0) is 10.8. The van der Waals surface area contributed by atoms with Crippen molar-refractivity contribution in [3.05, 3.63) is 47.0 Å². The van der Waals surface area contributed by atoms with E-state index in [0.717, 1.165) is 16.3 Å². The molecule has 76 valence electrons. The van der Waals surface area contributed by atoms with E-state index >= 15 is 0 Å². The number of benzene rings is 2. The van der Waals surface area contributed by atoms with Gasteiger partial charge in [-0.15, -0.1) is 0 Å². The molecule has 0 saturated heterocycles. The van der Waals surface area contributed by atoms with Crippen LogP contribution in [0.4, 0.5) is 0 Å². The van der Waals surface area contributed by atoms with Crippen LogP contribution in [-0.2, 0) is 0 Å². The summed E-state index contributed by atoms with van der Waals surface area (Å²) in [6, 6.07) is 11.4. The van der Waals surface area contributed by atoms with E-state index in [1.807, 2.05) is 43.3 Å². The normalized spacial score (nSPS) is 10.5. The van der Waals surface area contributed by atoms with Gasteiger partial charge in [-0.1, -0.05) is 42.8 Å². The van der Waals surface area contributed by atoms with Gasteiger partial charge in [0.2, 0.25) is 0 Å². The summed E-state index contributed by atoms with van der Waals surface area (Å²) in [6.45, 7) is 1.87. The van der Waals surface area contributed by atoms with Crippen LogP contribution in [0.1, 0.15) is 23.7 Å². The quantitative estimate of drug-likeness (QED) is 0.694. The molecule has 2 rings (SSSR count). The molecule has 0 aliphatic heterocycles. The zero-order valence-electron chi connectivity index (χ0n) is 8.46. The molecule has 0 atom stereocenters. The number of fused-ring (bicyclic) bond motifs is 1. The van der Waals surface area contributed by atoms with E-state index < -0.39 is 0 Å². The smallest absolute Gasteiger partial charge is 0.163 e. The van der Waals surface area contributed by atoms with Gasteiger partial charge in [-0.3, -0.25) is 4.79 Å². The molecule has 0 heterocycles. The number of halogens is 1. The van der Waals surface area contributed by atoms with Crippen molar-refractivity contribution < 1.29 is 4.79 Å². The monoisotopic (exact) mass is 218 g/mol. The van der Waals surface area contributed by atoms with Crippen molar-refractivity contribution in [2.45, 2.75) is 13.3 Å². The summed E-state index contributed by atoms with van der Waals surface area (Å²) in [5.74, 6) is 0.155. The van der Waals surface area contributed by atoms with E-state index in [0.29, 0.717) is 11.4 Å². The van der Waals surface area contributed by atoms with Gasteiger partial charge in [0.05, 0.1) is 0 Å². The van der Waals surface area contributed by atoms with Crippen LogP contribution in [0, 0.1) is 0 Å². The summed E-state index contributed by atoms with van der Waals surface area (Å²) in [7, 11) is 0. The molecule has 2 aromatic carbocycles. The number of Topliss-reactive ketones (excluding diaryl/α,β-unsaturated/α-hetero) is 1. The Kier molecular flexibility index (Phi) is 2.74. The highest BCUT2D eigenvalue weighted by molar-refractivity contribution is 6.31. The lowest BCUT2D eigenvalue weighted by Gasteiger charge is -2.04. The van der Waals surface area contributed by atoms with Crippen LogP contribution in [0.2, 0.25) is 5.02 Å². The molecule has 0 fully saturated rings. The van der Waals surface area contributed by atoms with Crippen molar-refractivity contribution >= 4 is 28.2 Å². The topological polar surface area (TPSA) is 17.1 Å². The van der Waals surface area contributed by atoms with Gasteiger partial charge in [0, 0.05) is 17.0 Å². The Morgan fingerprint density at radius 1 is 1.27 bits per heavy atom. The Morgan fingerprint density at radius 2 is 2.07 bits per heavy atom. The summed E-state index contributed by atoms with van der Waals surface area (Å²) in [4.78, 5) is 11.7. The number of rotatable bonds is 2. The highest BCUT2D eigenvalue weighted by atomic mass is 35.5.